The molecule has 0 spiro atoms. The average molecular weight is 525 g/mol. The Morgan fingerprint density at radius 2 is 1.82 bits per heavy atom. The lowest BCUT2D eigenvalue weighted by Crippen LogP contribution is -2.17. The van der Waals surface area contributed by atoms with Crippen LogP contribution in [0.25, 0.3) is 0 Å². The summed E-state index contributed by atoms with van der Waals surface area (Å²) in [4.78, 5) is 12.0. The van der Waals surface area contributed by atoms with Gasteiger partial charge in [-0.25, -0.2) is 5.43 Å². The molecule has 4 nitrogen and oxygen atoms in total. The van der Waals surface area contributed by atoms with Crippen molar-refractivity contribution in [2.45, 2.75) is 6.61 Å². The lowest BCUT2D eigenvalue weighted by molar-refractivity contribution is 0.0955. The maximum atomic E-state index is 12.0. The molecule has 1 amide bonds. The molecule has 0 saturated heterocycles. The van der Waals surface area contributed by atoms with Crippen molar-refractivity contribution >= 4 is 57.9 Å². The van der Waals surface area contributed by atoms with Gasteiger partial charge in [-0.15, -0.1) is 0 Å². The van der Waals surface area contributed by atoms with Crippen LogP contribution in [0.15, 0.2) is 71.8 Å². The molecular formula is C21H15Cl2IN2O2. The first-order chi connectivity index (χ1) is 13.5. The molecule has 1 N–H and O–H groups in total. The number of halogens is 3. The SMILES string of the molecule is O=C(N/N=C\c1ccc(OCc2ccc(Cl)c(Cl)c2)cc1)c1cccc(I)c1. The van der Waals surface area contributed by atoms with E-state index in [4.69, 9.17) is 27.9 Å². The summed E-state index contributed by atoms with van der Waals surface area (Å²) >= 11 is 14.1. The van der Waals surface area contributed by atoms with Crippen LogP contribution in [0.4, 0.5) is 0 Å². The summed E-state index contributed by atoms with van der Waals surface area (Å²) in [6.45, 7) is 0.385. The number of amides is 1. The summed E-state index contributed by atoms with van der Waals surface area (Å²) in [7, 11) is 0. The Labute approximate surface area is 186 Å². The zero-order valence-corrected chi connectivity index (χ0v) is 18.2. The maximum absolute atomic E-state index is 12.0. The Morgan fingerprint density at radius 1 is 1.04 bits per heavy atom. The topological polar surface area (TPSA) is 50.7 Å². The van der Waals surface area contributed by atoms with E-state index in [1.165, 1.54) is 0 Å². The van der Waals surface area contributed by atoms with Crippen molar-refractivity contribution < 1.29 is 9.53 Å². The van der Waals surface area contributed by atoms with Crippen molar-refractivity contribution in [3.63, 3.8) is 0 Å². The quantitative estimate of drug-likeness (QED) is 0.246. The highest BCUT2D eigenvalue weighted by atomic mass is 127. The van der Waals surface area contributed by atoms with E-state index in [2.05, 4.69) is 33.1 Å². The highest BCUT2D eigenvalue weighted by Crippen LogP contribution is 2.23. The molecule has 0 aromatic heterocycles. The van der Waals surface area contributed by atoms with Crippen LogP contribution in [-0.2, 0) is 6.61 Å². The van der Waals surface area contributed by atoms with Gasteiger partial charge in [0, 0.05) is 9.13 Å². The number of hydrogen-bond donors (Lipinski definition) is 1. The number of nitrogens with zero attached hydrogens (tertiary/aromatic N) is 1. The van der Waals surface area contributed by atoms with Crippen LogP contribution in [0.3, 0.4) is 0 Å². The lowest BCUT2D eigenvalue weighted by atomic mass is 10.2. The summed E-state index contributed by atoms with van der Waals surface area (Å²) in [6.07, 6.45) is 1.58. The second-order valence-electron chi connectivity index (χ2n) is 5.82. The van der Waals surface area contributed by atoms with Gasteiger partial charge in [-0.2, -0.15) is 5.10 Å². The minimum atomic E-state index is -0.253. The standard InChI is InChI=1S/C21H15Cl2IN2O2/c22-19-9-6-15(10-20(19)23)13-28-18-7-4-14(5-8-18)12-25-26-21(27)16-2-1-3-17(24)11-16/h1-12H,13H2,(H,26,27)/b25-12-. The van der Waals surface area contributed by atoms with Crippen LogP contribution in [0.5, 0.6) is 5.75 Å². The maximum Gasteiger partial charge on any atom is 0.271 e. The third kappa shape index (κ3) is 5.95. The molecule has 28 heavy (non-hydrogen) atoms. The van der Waals surface area contributed by atoms with Gasteiger partial charge in [0.25, 0.3) is 5.91 Å². The first-order valence-electron chi connectivity index (χ1n) is 8.27. The second-order valence-corrected chi connectivity index (χ2v) is 7.88. The Kier molecular flexibility index (Phi) is 7.30. The van der Waals surface area contributed by atoms with Gasteiger partial charge in [0.15, 0.2) is 0 Å². The summed E-state index contributed by atoms with van der Waals surface area (Å²) in [5, 5.41) is 5.01. The molecule has 0 atom stereocenters. The molecule has 3 aromatic rings. The molecule has 3 aromatic carbocycles. The van der Waals surface area contributed by atoms with Gasteiger partial charge < -0.3 is 4.74 Å². The number of nitrogens with one attached hydrogen (secondary N) is 1. The van der Waals surface area contributed by atoms with Crippen molar-refractivity contribution in [1.29, 1.82) is 0 Å². The van der Waals surface area contributed by atoms with Crippen molar-refractivity contribution in [3.8, 4) is 5.75 Å². The molecule has 0 aliphatic heterocycles. The monoisotopic (exact) mass is 524 g/mol. The highest BCUT2D eigenvalue weighted by molar-refractivity contribution is 14.1. The lowest BCUT2D eigenvalue weighted by Gasteiger charge is -2.07. The number of ether oxygens (including phenoxy) is 1. The third-order valence-electron chi connectivity index (χ3n) is 3.74. The van der Waals surface area contributed by atoms with Gasteiger partial charge in [-0.05, 0) is 88.3 Å². The first kappa shape index (κ1) is 20.6. The largest absolute Gasteiger partial charge is 0.489 e. The van der Waals surface area contributed by atoms with Crippen molar-refractivity contribution in [2.24, 2.45) is 5.10 Å². The number of hydrogen-bond acceptors (Lipinski definition) is 3. The molecule has 142 valence electrons. The molecule has 7 heteroatoms. The Morgan fingerprint density at radius 3 is 2.54 bits per heavy atom. The number of carbonyl (C=O) groups is 1. The smallest absolute Gasteiger partial charge is 0.271 e. The van der Waals surface area contributed by atoms with E-state index in [1.54, 1.807) is 30.5 Å². The van der Waals surface area contributed by atoms with E-state index in [0.717, 1.165) is 14.7 Å². The molecular weight excluding hydrogens is 510 g/mol. The fraction of sp³-hybridized carbons (Fsp3) is 0.0476. The van der Waals surface area contributed by atoms with Gasteiger partial charge in [-0.1, -0.05) is 35.3 Å². The third-order valence-corrected chi connectivity index (χ3v) is 5.15. The fourth-order valence-corrected chi connectivity index (χ4v) is 3.17. The summed E-state index contributed by atoms with van der Waals surface area (Å²) < 4.78 is 6.73. The van der Waals surface area contributed by atoms with Gasteiger partial charge >= 0.3 is 0 Å². The Bertz CT molecular complexity index is 1010. The van der Waals surface area contributed by atoms with E-state index in [9.17, 15) is 4.79 Å². The van der Waals surface area contributed by atoms with Gasteiger partial charge in [0.1, 0.15) is 12.4 Å². The predicted molar refractivity (Wildman–Crippen MR) is 121 cm³/mol. The first-order valence-corrected chi connectivity index (χ1v) is 10.1. The van der Waals surface area contributed by atoms with Crippen LogP contribution in [0.1, 0.15) is 21.5 Å². The Balaban J connectivity index is 1.53. The van der Waals surface area contributed by atoms with Gasteiger partial charge in [0.2, 0.25) is 0 Å². The molecule has 0 radical (unpaired) electrons. The molecule has 3 rings (SSSR count). The van der Waals surface area contributed by atoms with Crippen molar-refractivity contribution in [2.75, 3.05) is 0 Å². The number of carbonyl (C=O) groups excluding carboxylic acids is 1. The Hall–Kier alpha value is -2.09. The fourth-order valence-electron chi connectivity index (χ4n) is 2.31. The van der Waals surface area contributed by atoms with E-state index < -0.39 is 0 Å². The molecule has 0 saturated carbocycles. The minimum absolute atomic E-state index is 0.253. The number of rotatable bonds is 6. The predicted octanol–water partition coefficient (Wildman–Crippen LogP) is 5.94. The van der Waals surface area contributed by atoms with Crippen LogP contribution in [0, 0.1) is 3.57 Å². The molecule has 0 bridgehead atoms. The normalized spacial score (nSPS) is 10.8. The number of benzene rings is 3. The number of hydrazone groups is 1. The minimum Gasteiger partial charge on any atom is -0.489 e. The summed E-state index contributed by atoms with van der Waals surface area (Å²) in [5.41, 5.74) is 4.85. The zero-order chi connectivity index (χ0) is 19.9. The molecule has 0 heterocycles. The molecule has 0 aliphatic rings. The molecule has 0 fully saturated rings. The van der Waals surface area contributed by atoms with E-state index in [1.807, 2.05) is 42.5 Å². The highest BCUT2D eigenvalue weighted by Gasteiger charge is 2.04. The van der Waals surface area contributed by atoms with E-state index in [-0.39, 0.29) is 5.91 Å². The van der Waals surface area contributed by atoms with Crippen LogP contribution in [-0.4, -0.2) is 12.1 Å². The van der Waals surface area contributed by atoms with E-state index in [0.29, 0.717) is 28.0 Å². The summed E-state index contributed by atoms with van der Waals surface area (Å²) in [6, 6.07) is 20.1. The van der Waals surface area contributed by atoms with Crippen LogP contribution >= 0.6 is 45.8 Å². The average Bonchev–Trinajstić information content (AvgIpc) is 2.70. The molecule has 0 unspecified atom stereocenters. The second kappa shape index (κ2) is 9.91. The van der Waals surface area contributed by atoms with Crippen molar-refractivity contribution in [1.82, 2.24) is 5.43 Å². The van der Waals surface area contributed by atoms with Gasteiger partial charge in [-0.3, -0.25) is 4.79 Å². The van der Waals surface area contributed by atoms with Crippen LogP contribution in [0.2, 0.25) is 10.0 Å². The van der Waals surface area contributed by atoms with E-state index >= 15 is 0 Å². The van der Waals surface area contributed by atoms with Gasteiger partial charge in [0.05, 0.1) is 16.3 Å². The summed E-state index contributed by atoms with van der Waals surface area (Å²) in [5.74, 6) is 0.461. The zero-order valence-electron chi connectivity index (χ0n) is 14.5. The van der Waals surface area contributed by atoms with Crippen molar-refractivity contribution in [3.05, 3.63) is 97.0 Å². The van der Waals surface area contributed by atoms with Crippen LogP contribution < -0.4 is 10.2 Å². The molecule has 0 aliphatic carbocycles.